The maximum atomic E-state index is 12.8. The Bertz CT molecular complexity index is 735. The fraction of sp³-hybridized carbons (Fsp3) is 0.500. The Morgan fingerprint density at radius 1 is 1.38 bits per heavy atom. The molecule has 1 aromatic heterocycles. The molecule has 6 nitrogen and oxygen atoms in total. The van der Waals surface area contributed by atoms with Gasteiger partial charge >= 0.3 is 5.97 Å². The number of rotatable bonds is 7. The van der Waals surface area contributed by atoms with E-state index in [4.69, 9.17) is 12.2 Å². The van der Waals surface area contributed by atoms with Crippen LogP contribution in [0.15, 0.2) is 22.7 Å². The summed E-state index contributed by atoms with van der Waals surface area (Å²) in [5.74, 6) is -0.681. The Morgan fingerprint density at radius 2 is 2.04 bits per heavy atom. The largest absolute Gasteiger partial charge is 0.469 e. The van der Waals surface area contributed by atoms with Crippen LogP contribution in [-0.4, -0.2) is 39.3 Å². The van der Waals surface area contributed by atoms with Gasteiger partial charge in [-0.15, -0.1) is 0 Å². The minimum absolute atomic E-state index is 0.00485. The fourth-order valence-corrected chi connectivity index (χ4v) is 3.76. The molecule has 0 radical (unpaired) electrons. The Hall–Kier alpha value is -1.67. The number of aryl methyl sites for hydroxylation is 1. The van der Waals surface area contributed by atoms with Crippen LogP contribution in [0.5, 0.6) is 0 Å². The monoisotopic (exact) mass is 370 g/mol. The first-order valence-corrected chi connectivity index (χ1v) is 9.80. The van der Waals surface area contributed by atoms with E-state index < -0.39 is 15.7 Å². The molecule has 132 valence electrons. The molecular weight excluding hydrogens is 348 g/mol. The lowest BCUT2D eigenvalue weighted by Crippen LogP contribution is -2.13. The molecule has 0 spiro atoms. The van der Waals surface area contributed by atoms with Crippen molar-refractivity contribution in [3.05, 3.63) is 29.6 Å². The molecule has 0 N–H and O–H groups in total. The highest BCUT2D eigenvalue weighted by Crippen LogP contribution is 2.22. The minimum Gasteiger partial charge on any atom is -0.469 e. The number of methoxy groups -OCH3 is 1. The average Bonchev–Trinajstić information content (AvgIpc) is 2.51. The van der Waals surface area contributed by atoms with Crippen molar-refractivity contribution in [3.63, 3.8) is 0 Å². The normalized spacial score (nSPS) is 14.3. The number of carbonyl (C=O) groups excluding carboxylic acids is 2. The van der Waals surface area contributed by atoms with Crippen LogP contribution in [-0.2, 0) is 24.1 Å². The van der Waals surface area contributed by atoms with Crippen LogP contribution in [0.2, 0.25) is 0 Å². The molecule has 0 saturated carbocycles. The maximum absolute atomic E-state index is 12.8. The topological polar surface area (TPSA) is 85.7 Å². The van der Waals surface area contributed by atoms with E-state index >= 15 is 0 Å². The van der Waals surface area contributed by atoms with Crippen LogP contribution in [0.3, 0.4) is 0 Å². The lowest BCUT2D eigenvalue weighted by Gasteiger charge is -2.14. The standard InChI is InChI=1S/C16H22N2O4S2/c1-11-5-6-13(10-17-11)12(2)24(4,21)18-15(23)9-14(19)7-8-16(20)22-3/h5-6,10,12H,7-9H2,1-4H3. The third kappa shape index (κ3) is 6.45. The zero-order valence-corrected chi connectivity index (χ0v) is 15.9. The van der Waals surface area contributed by atoms with Gasteiger partial charge in [-0.2, -0.15) is 4.36 Å². The van der Waals surface area contributed by atoms with Crippen molar-refractivity contribution >= 4 is 38.7 Å². The molecule has 0 amide bonds. The molecule has 0 aliphatic carbocycles. The molecular formula is C16H22N2O4S2. The van der Waals surface area contributed by atoms with Gasteiger partial charge in [0.15, 0.2) is 0 Å². The van der Waals surface area contributed by atoms with Crippen molar-refractivity contribution in [1.82, 2.24) is 4.98 Å². The number of nitrogens with zero attached hydrogens (tertiary/aromatic N) is 2. The summed E-state index contributed by atoms with van der Waals surface area (Å²) in [6.07, 6.45) is 3.12. The number of carbonyl (C=O) groups is 2. The van der Waals surface area contributed by atoms with Crippen molar-refractivity contribution in [2.75, 3.05) is 13.4 Å². The van der Waals surface area contributed by atoms with E-state index in [1.807, 2.05) is 19.1 Å². The summed E-state index contributed by atoms with van der Waals surface area (Å²) in [6.45, 7) is 3.66. The first-order chi connectivity index (χ1) is 11.2. The van der Waals surface area contributed by atoms with Gasteiger partial charge in [-0.05, 0) is 25.5 Å². The summed E-state index contributed by atoms with van der Waals surface area (Å²) < 4.78 is 21.4. The van der Waals surface area contributed by atoms with Gasteiger partial charge in [0.25, 0.3) is 0 Å². The Morgan fingerprint density at radius 3 is 2.58 bits per heavy atom. The number of ether oxygens (including phenoxy) is 1. The lowest BCUT2D eigenvalue weighted by atomic mass is 10.2. The number of Topliss-reactive ketones (excluding diaryl/α,β-unsaturated/α-hetero) is 1. The summed E-state index contributed by atoms with van der Waals surface area (Å²) in [6, 6.07) is 3.70. The molecule has 0 bridgehead atoms. The van der Waals surface area contributed by atoms with Crippen LogP contribution in [0, 0.1) is 6.92 Å². The van der Waals surface area contributed by atoms with E-state index in [0.29, 0.717) is 0 Å². The van der Waals surface area contributed by atoms with Crippen molar-refractivity contribution in [1.29, 1.82) is 0 Å². The number of hydrogen-bond donors (Lipinski definition) is 0. The van der Waals surface area contributed by atoms with Gasteiger partial charge in [0.2, 0.25) is 0 Å². The fourth-order valence-electron chi connectivity index (χ4n) is 1.89. The summed E-state index contributed by atoms with van der Waals surface area (Å²) in [7, 11) is -1.39. The van der Waals surface area contributed by atoms with Crippen LogP contribution >= 0.6 is 12.2 Å². The van der Waals surface area contributed by atoms with Crippen LogP contribution in [0.1, 0.15) is 42.7 Å². The molecule has 1 aromatic rings. The highest BCUT2D eigenvalue weighted by molar-refractivity contribution is 7.94. The predicted octanol–water partition coefficient (Wildman–Crippen LogP) is 2.79. The third-order valence-corrected chi connectivity index (χ3v) is 6.05. The summed E-state index contributed by atoms with van der Waals surface area (Å²) in [4.78, 5) is 27.1. The van der Waals surface area contributed by atoms with Crippen molar-refractivity contribution < 1.29 is 18.5 Å². The number of ketones is 1. The molecule has 1 heterocycles. The molecule has 2 atom stereocenters. The Balaban J connectivity index is 2.76. The number of esters is 1. The van der Waals surface area contributed by atoms with Crippen LogP contribution in [0.4, 0.5) is 0 Å². The van der Waals surface area contributed by atoms with E-state index in [1.165, 1.54) is 13.4 Å². The predicted molar refractivity (Wildman–Crippen MR) is 97.4 cm³/mol. The van der Waals surface area contributed by atoms with E-state index in [2.05, 4.69) is 14.1 Å². The van der Waals surface area contributed by atoms with E-state index in [9.17, 15) is 13.8 Å². The van der Waals surface area contributed by atoms with E-state index in [-0.39, 0.29) is 35.3 Å². The van der Waals surface area contributed by atoms with E-state index in [1.54, 1.807) is 13.1 Å². The van der Waals surface area contributed by atoms with Crippen molar-refractivity contribution in [2.45, 2.75) is 38.4 Å². The van der Waals surface area contributed by atoms with Gasteiger partial charge in [-0.25, -0.2) is 4.21 Å². The smallest absolute Gasteiger partial charge is 0.305 e. The zero-order valence-electron chi connectivity index (χ0n) is 14.3. The first-order valence-electron chi connectivity index (χ1n) is 7.40. The van der Waals surface area contributed by atoms with Crippen LogP contribution in [0.25, 0.3) is 0 Å². The molecule has 1 rings (SSSR count). The molecule has 0 aromatic carbocycles. The third-order valence-electron chi connectivity index (χ3n) is 3.53. The highest BCUT2D eigenvalue weighted by atomic mass is 32.2. The number of aromatic nitrogens is 1. The number of pyridine rings is 1. The summed E-state index contributed by atoms with van der Waals surface area (Å²) >= 11 is 5.08. The van der Waals surface area contributed by atoms with Gasteiger partial charge in [0, 0.05) is 24.6 Å². The highest BCUT2D eigenvalue weighted by Gasteiger charge is 2.18. The second-order valence-corrected chi connectivity index (χ2v) is 8.60. The maximum Gasteiger partial charge on any atom is 0.305 e. The van der Waals surface area contributed by atoms with Gasteiger partial charge < -0.3 is 4.74 Å². The summed E-state index contributed by atoms with van der Waals surface area (Å²) in [5.41, 5.74) is 1.67. The molecule has 24 heavy (non-hydrogen) atoms. The second kappa shape index (κ2) is 8.98. The average molecular weight is 370 g/mol. The lowest BCUT2D eigenvalue weighted by molar-refractivity contribution is -0.141. The Kier molecular flexibility index (Phi) is 7.62. The molecule has 0 aliphatic heterocycles. The second-order valence-electron chi connectivity index (χ2n) is 5.51. The Labute approximate surface area is 148 Å². The minimum atomic E-state index is -2.66. The summed E-state index contributed by atoms with van der Waals surface area (Å²) in [5, 5.41) is -0.367. The zero-order chi connectivity index (χ0) is 18.3. The van der Waals surface area contributed by atoms with Crippen molar-refractivity contribution in [2.24, 2.45) is 4.36 Å². The number of thiocarbonyl (C=S) groups is 1. The van der Waals surface area contributed by atoms with E-state index in [0.717, 1.165) is 11.3 Å². The quantitative estimate of drug-likeness (QED) is 0.542. The SMILES string of the molecule is COC(=O)CCC(=O)CC(=S)N=S(C)(=O)C(C)c1ccc(C)nc1. The first kappa shape index (κ1) is 20.4. The van der Waals surface area contributed by atoms with Gasteiger partial charge in [-0.3, -0.25) is 14.6 Å². The molecule has 0 saturated heterocycles. The van der Waals surface area contributed by atoms with Gasteiger partial charge in [-0.1, -0.05) is 18.3 Å². The van der Waals surface area contributed by atoms with Gasteiger partial charge in [0.05, 0.1) is 34.9 Å². The van der Waals surface area contributed by atoms with Gasteiger partial charge in [0.1, 0.15) is 10.8 Å². The molecule has 2 unspecified atom stereocenters. The molecule has 0 aliphatic rings. The van der Waals surface area contributed by atoms with Crippen LogP contribution < -0.4 is 0 Å². The molecule has 0 fully saturated rings. The number of hydrogen-bond acceptors (Lipinski definition) is 6. The molecule has 8 heteroatoms. The van der Waals surface area contributed by atoms with Crippen molar-refractivity contribution in [3.8, 4) is 0 Å².